The van der Waals surface area contributed by atoms with Crippen molar-refractivity contribution in [1.82, 2.24) is 0 Å². The summed E-state index contributed by atoms with van der Waals surface area (Å²) in [6.45, 7) is 2.21. The molecule has 0 saturated heterocycles. The molecule has 0 bridgehead atoms. The molecule has 260 valence electrons. The second-order valence-corrected chi connectivity index (χ2v) is 16.2. The molecular formula is C40H56O6P2+2. The van der Waals surface area contributed by atoms with Gasteiger partial charge in [-0.25, -0.2) is 0 Å². The van der Waals surface area contributed by atoms with Gasteiger partial charge in [-0.3, -0.25) is 9.05 Å². The predicted molar refractivity (Wildman–Crippen MR) is 202 cm³/mol. The van der Waals surface area contributed by atoms with Crippen molar-refractivity contribution < 1.29 is 28.6 Å². The van der Waals surface area contributed by atoms with Crippen molar-refractivity contribution in [2.24, 2.45) is 0 Å². The van der Waals surface area contributed by atoms with Crippen molar-refractivity contribution in [3.05, 3.63) is 132 Å². The van der Waals surface area contributed by atoms with Gasteiger partial charge in [-0.15, -0.1) is 0 Å². The third-order valence-corrected chi connectivity index (χ3v) is 10.9. The average molecular weight is 695 g/mol. The van der Waals surface area contributed by atoms with Gasteiger partial charge in [0.15, 0.2) is 17.7 Å². The van der Waals surface area contributed by atoms with Crippen LogP contribution >= 0.6 is 15.9 Å². The van der Waals surface area contributed by atoms with Crippen molar-refractivity contribution in [3.8, 4) is 11.5 Å². The molecule has 8 heteroatoms. The van der Waals surface area contributed by atoms with E-state index in [1.54, 1.807) is 0 Å². The van der Waals surface area contributed by atoms with E-state index in [9.17, 15) is 4.89 Å². The van der Waals surface area contributed by atoms with Crippen molar-refractivity contribution in [1.29, 1.82) is 0 Å². The molecule has 0 fully saturated rings. The minimum atomic E-state index is -3.57. The van der Waals surface area contributed by atoms with E-state index in [-0.39, 0.29) is 6.16 Å². The van der Waals surface area contributed by atoms with Crippen LogP contribution in [0.25, 0.3) is 0 Å². The summed E-state index contributed by atoms with van der Waals surface area (Å²) in [6.07, 6.45) is 13.7. The van der Waals surface area contributed by atoms with Crippen LogP contribution in [0, 0.1) is 0 Å². The maximum atomic E-state index is 11.0. The van der Waals surface area contributed by atoms with E-state index in [0.29, 0.717) is 30.0 Å². The largest absolute Gasteiger partial charge is 0.495 e. The second-order valence-electron chi connectivity index (χ2n) is 12.3. The van der Waals surface area contributed by atoms with Gasteiger partial charge >= 0.3 is 15.9 Å². The Morgan fingerprint density at radius 1 is 0.458 bits per heavy atom. The Morgan fingerprint density at radius 3 is 1.27 bits per heavy atom. The van der Waals surface area contributed by atoms with Gasteiger partial charge in [0, 0.05) is 5.92 Å². The van der Waals surface area contributed by atoms with E-state index in [0.717, 1.165) is 44.9 Å². The quantitative estimate of drug-likeness (QED) is 0.0512. The molecule has 4 rings (SSSR count). The highest BCUT2D eigenvalue weighted by atomic mass is 31.2. The van der Waals surface area contributed by atoms with E-state index >= 15 is 0 Å². The van der Waals surface area contributed by atoms with Gasteiger partial charge in [-0.2, -0.15) is 19.6 Å². The SMILES string of the molecule is CCCCCCCC[P+](O)(Oc1ccccc1)Oc1ccccc1.O[P+](O)(O)CCCCCCCC(c1ccccc1)c1ccccc1. The molecule has 4 N–H and O–H groups in total. The summed E-state index contributed by atoms with van der Waals surface area (Å²) in [4.78, 5) is 37.9. The standard InChI is InChI=1S/2C20H28O3P/c1-2-3-4-5-6-13-18-24(21,22-19-14-9-7-10-15-19)23-20-16-11-8-12-17-20;21-24(22,23)17-11-3-1-2-10-16-20(18-12-6-4-7-13-18)19-14-8-5-9-15-19/h7-12,14-17,21H,2-6,13,18H2,1H3;4-9,12-15,20-23H,1-3,10-11,16-17H2/q2*+1. The highest BCUT2D eigenvalue weighted by Crippen LogP contribution is 2.56. The summed E-state index contributed by atoms with van der Waals surface area (Å²) in [5.41, 5.74) is 2.72. The van der Waals surface area contributed by atoms with Crippen molar-refractivity contribution in [2.75, 3.05) is 12.3 Å². The normalized spacial score (nSPS) is 11.5. The molecule has 0 radical (unpaired) electrons. The van der Waals surface area contributed by atoms with Gasteiger partial charge in [-0.1, -0.05) is 149 Å². The smallest absolute Gasteiger partial charge is 0.278 e. The molecule has 48 heavy (non-hydrogen) atoms. The van der Waals surface area contributed by atoms with E-state index < -0.39 is 15.9 Å². The molecule has 6 nitrogen and oxygen atoms in total. The molecular weight excluding hydrogens is 638 g/mol. The predicted octanol–water partition coefficient (Wildman–Crippen LogP) is 11.2. The Bertz CT molecular complexity index is 1260. The third kappa shape index (κ3) is 17.0. The van der Waals surface area contributed by atoms with Gasteiger partial charge in [0.05, 0.1) is 0 Å². The van der Waals surface area contributed by atoms with Crippen molar-refractivity contribution in [3.63, 3.8) is 0 Å². The second kappa shape index (κ2) is 22.7. The molecule has 0 amide bonds. The molecule has 0 heterocycles. The molecule has 0 unspecified atom stereocenters. The summed E-state index contributed by atoms with van der Waals surface area (Å²) in [6, 6.07) is 40.1. The monoisotopic (exact) mass is 694 g/mol. The molecule has 4 aromatic rings. The zero-order valence-electron chi connectivity index (χ0n) is 28.5. The van der Waals surface area contributed by atoms with Gasteiger partial charge in [0.2, 0.25) is 0 Å². The first-order valence-electron chi connectivity index (χ1n) is 17.5. The van der Waals surface area contributed by atoms with Gasteiger partial charge in [0.1, 0.15) is 6.16 Å². The van der Waals surface area contributed by atoms with E-state index in [1.165, 1.54) is 36.8 Å². The fourth-order valence-corrected chi connectivity index (χ4v) is 7.99. The van der Waals surface area contributed by atoms with Crippen LogP contribution in [-0.2, 0) is 0 Å². The summed E-state index contributed by atoms with van der Waals surface area (Å²) >= 11 is 0. The lowest BCUT2D eigenvalue weighted by atomic mass is 9.87. The molecule has 0 atom stereocenters. The minimum Gasteiger partial charge on any atom is -0.278 e. The van der Waals surface area contributed by atoms with Crippen LogP contribution in [0.3, 0.4) is 0 Å². The maximum Gasteiger partial charge on any atom is 0.495 e. The van der Waals surface area contributed by atoms with Crippen LogP contribution in [-0.4, -0.2) is 31.9 Å². The van der Waals surface area contributed by atoms with E-state index in [1.807, 2.05) is 60.7 Å². The first-order chi connectivity index (χ1) is 23.3. The summed E-state index contributed by atoms with van der Waals surface area (Å²) in [7, 11) is -6.54. The minimum absolute atomic E-state index is 0.129. The summed E-state index contributed by atoms with van der Waals surface area (Å²) < 4.78 is 11.8. The topological polar surface area (TPSA) is 99.4 Å². The zero-order valence-corrected chi connectivity index (χ0v) is 30.3. The number of para-hydroxylation sites is 2. The molecule has 0 aliphatic heterocycles. The highest BCUT2D eigenvalue weighted by molar-refractivity contribution is 7.61. The maximum absolute atomic E-state index is 11.0. The Hall–Kier alpha value is -2.82. The summed E-state index contributed by atoms with van der Waals surface area (Å²) in [5, 5.41) is 0. The zero-order chi connectivity index (χ0) is 34.3. The molecule has 0 aliphatic rings. The first-order valence-corrected chi connectivity index (χ1v) is 21.1. The van der Waals surface area contributed by atoms with Crippen LogP contribution in [0.15, 0.2) is 121 Å². The Balaban J connectivity index is 0.000000260. The fourth-order valence-electron chi connectivity index (χ4n) is 5.59. The van der Waals surface area contributed by atoms with Crippen molar-refractivity contribution in [2.45, 2.75) is 89.9 Å². The van der Waals surface area contributed by atoms with Crippen LogP contribution in [0.4, 0.5) is 0 Å². The van der Waals surface area contributed by atoms with E-state index in [4.69, 9.17) is 23.7 Å². The lowest BCUT2D eigenvalue weighted by molar-refractivity contribution is 0.328. The molecule has 0 aromatic heterocycles. The number of hydrogen-bond acceptors (Lipinski definition) is 6. The molecule has 0 spiro atoms. The summed E-state index contributed by atoms with van der Waals surface area (Å²) in [5.74, 6) is 1.73. The average Bonchev–Trinajstić information content (AvgIpc) is 3.09. The van der Waals surface area contributed by atoms with Crippen LogP contribution < -0.4 is 9.05 Å². The Labute approximate surface area is 290 Å². The van der Waals surface area contributed by atoms with Crippen molar-refractivity contribution >= 4 is 15.9 Å². The lowest BCUT2D eigenvalue weighted by Crippen LogP contribution is -2.12. The Kier molecular flexibility index (Phi) is 18.8. The number of benzene rings is 4. The van der Waals surface area contributed by atoms with Gasteiger partial charge < -0.3 is 0 Å². The number of rotatable bonds is 21. The Morgan fingerprint density at radius 2 is 0.833 bits per heavy atom. The van der Waals surface area contributed by atoms with Crippen LogP contribution in [0.5, 0.6) is 11.5 Å². The molecule has 0 aliphatic carbocycles. The lowest BCUT2D eigenvalue weighted by Gasteiger charge is -2.18. The van der Waals surface area contributed by atoms with Crippen LogP contribution in [0.2, 0.25) is 0 Å². The fraction of sp³-hybridized carbons (Fsp3) is 0.400. The molecule has 0 saturated carbocycles. The number of hydrogen-bond donors (Lipinski definition) is 4. The number of unbranched alkanes of at least 4 members (excludes halogenated alkanes) is 9. The van der Waals surface area contributed by atoms with Gasteiger partial charge in [-0.05, 0) is 67.5 Å². The molecule has 4 aromatic carbocycles. The van der Waals surface area contributed by atoms with Crippen LogP contribution in [0.1, 0.15) is 101 Å². The van der Waals surface area contributed by atoms with Gasteiger partial charge in [0.25, 0.3) is 0 Å². The van der Waals surface area contributed by atoms with E-state index in [2.05, 4.69) is 67.6 Å². The third-order valence-electron chi connectivity index (χ3n) is 8.13. The first kappa shape index (κ1) is 39.6. The highest BCUT2D eigenvalue weighted by Gasteiger charge is 2.43.